The molecule has 0 heterocycles. The van der Waals surface area contributed by atoms with Crippen LogP contribution < -0.4 is 9.47 Å². The molecule has 21 heavy (non-hydrogen) atoms. The number of alkyl halides is 1. The molecule has 6 heteroatoms. The zero-order chi connectivity index (χ0) is 15.6. The van der Waals surface area contributed by atoms with E-state index in [4.69, 9.17) is 44.3 Å². The van der Waals surface area contributed by atoms with Crippen molar-refractivity contribution >= 4 is 34.8 Å². The van der Waals surface area contributed by atoms with Gasteiger partial charge >= 0.3 is 0 Å². The Balaban J connectivity index is 2.50. The summed E-state index contributed by atoms with van der Waals surface area (Å²) in [6.45, 7) is 0. The second-order valence-corrected chi connectivity index (χ2v) is 5.54. The van der Waals surface area contributed by atoms with E-state index in [1.807, 2.05) is 0 Å². The first-order valence-electron chi connectivity index (χ1n) is 5.98. The highest BCUT2D eigenvalue weighted by Gasteiger charge is 2.21. The quantitative estimate of drug-likeness (QED) is 0.681. The molecule has 0 aromatic heterocycles. The summed E-state index contributed by atoms with van der Waals surface area (Å²) >= 11 is 18.3. The lowest BCUT2D eigenvalue weighted by atomic mass is 10.0. The van der Waals surface area contributed by atoms with Crippen molar-refractivity contribution in [3.05, 3.63) is 57.3 Å². The largest absolute Gasteiger partial charge is 0.493 e. The molecule has 0 aliphatic carbocycles. The molecule has 0 radical (unpaired) electrons. The molecule has 0 aliphatic rings. The van der Waals surface area contributed by atoms with Gasteiger partial charge in [-0.1, -0.05) is 29.3 Å². The van der Waals surface area contributed by atoms with Crippen LogP contribution in [0.3, 0.4) is 0 Å². The smallest absolute Gasteiger partial charge is 0.162 e. The van der Waals surface area contributed by atoms with Crippen molar-refractivity contribution in [3.63, 3.8) is 0 Å². The van der Waals surface area contributed by atoms with E-state index >= 15 is 0 Å². The fourth-order valence-electron chi connectivity index (χ4n) is 1.94. The van der Waals surface area contributed by atoms with Crippen LogP contribution in [0.25, 0.3) is 0 Å². The Hall–Kier alpha value is -1.16. The van der Waals surface area contributed by atoms with Crippen molar-refractivity contribution in [1.82, 2.24) is 0 Å². The lowest BCUT2D eigenvalue weighted by Crippen LogP contribution is -2.00. The second-order valence-electron chi connectivity index (χ2n) is 4.26. The van der Waals surface area contributed by atoms with Gasteiger partial charge in [-0.2, -0.15) is 0 Å². The molecule has 1 unspecified atom stereocenters. The van der Waals surface area contributed by atoms with Crippen molar-refractivity contribution in [2.24, 2.45) is 0 Å². The minimum absolute atomic E-state index is 0.287. The molecular formula is C15H12Cl3FO2. The van der Waals surface area contributed by atoms with E-state index < -0.39 is 11.2 Å². The molecule has 0 amide bonds. The third kappa shape index (κ3) is 3.37. The van der Waals surface area contributed by atoms with Crippen molar-refractivity contribution in [2.45, 2.75) is 5.38 Å². The lowest BCUT2D eigenvalue weighted by Gasteiger charge is -2.16. The molecule has 2 aromatic rings. The van der Waals surface area contributed by atoms with E-state index in [1.54, 1.807) is 18.2 Å². The molecule has 0 aliphatic heterocycles. The zero-order valence-corrected chi connectivity index (χ0v) is 13.6. The average Bonchev–Trinajstić information content (AvgIpc) is 2.46. The fraction of sp³-hybridized carbons (Fsp3) is 0.200. The third-order valence-electron chi connectivity index (χ3n) is 3.01. The third-order valence-corrected chi connectivity index (χ3v) is 4.04. The highest BCUT2D eigenvalue weighted by atomic mass is 35.5. The summed E-state index contributed by atoms with van der Waals surface area (Å²) in [6, 6.07) is 7.53. The molecule has 2 rings (SSSR count). The summed E-state index contributed by atoms with van der Waals surface area (Å²) in [4.78, 5) is 0. The molecule has 2 nitrogen and oxygen atoms in total. The Morgan fingerprint density at radius 2 is 1.57 bits per heavy atom. The van der Waals surface area contributed by atoms with E-state index in [1.165, 1.54) is 26.4 Å². The maximum atomic E-state index is 14.0. The summed E-state index contributed by atoms with van der Waals surface area (Å²) in [5.74, 6) is 0.456. The summed E-state index contributed by atoms with van der Waals surface area (Å²) in [5.41, 5.74) is 0.812. The molecule has 0 N–H and O–H groups in total. The number of methoxy groups -OCH3 is 2. The first-order valence-corrected chi connectivity index (χ1v) is 7.17. The monoisotopic (exact) mass is 348 g/mol. The van der Waals surface area contributed by atoms with Gasteiger partial charge in [0.2, 0.25) is 0 Å². The number of ether oxygens (including phenoxy) is 2. The molecule has 0 spiro atoms. The van der Waals surface area contributed by atoms with Crippen LogP contribution in [0.2, 0.25) is 10.0 Å². The fourth-order valence-corrected chi connectivity index (χ4v) is 2.77. The van der Waals surface area contributed by atoms with Crippen LogP contribution in [0.15, 0.2) is 30.3 Å². The average molecular weight is 350 g/mol. The number of hydrogen-bond donors (Lipinski definition) is 0. The zero-order valence-electron chi connectivity index (χ0n) is 11.3. The molecule has 0 saturated heterocycles. The van der Waals surface area contributed by atoms with Gasteiger partial charge in [0.1, 0.15) is 5.82 Å². The van der Waals surface area contributed by atoms with Gasteiger partial charge in [0.25, 0.3) is 0 Å². The number of halogens is 4. The summed E-state index contributed by atoms with van der Waals surface area (Å²) < 4.78 is 24.3. The predicted octanol–water partition coefficient (Wildman–Crippen LogP) is 5.48. The Kier molecular flexibility index (Phi) is 5.20. The van der Waals surface area contributed by atoms with E-state index in [9.17, 15) is 4.39 Å². The SMILES string of the molecule is COc1cc(Cl)c(C(Cl)c2ccc(Cl)cc2F)cc1OC. The van der Waals surface area contributed by atoms with Crippen molar-refractivity contribution in [3.8, 4) is 11.5 Å². The number of benzene rings is 2. The Labute approximate surface area is 137 Å². The van der Waals surface area contributed by atoms with Gasteiger partial charge in [0, 0.05) is 21.7 Å². The minimum atomic E-state index is -0.769. The first kappa shape index (κ1) is 16.2. The van der Waals surface area contributed by atoms with Crippen molar-refractivity contribution < 1.29 is 13.9 Å². The Morgan fingerprint density at radius 1 is 0.952 bits per heavy atom. The van der Waals surface area contributed by atoms with Gasteiger partial charge in [0.05, 0.1) is 19.6 Å². The Bertz CT molecular complexity index is 662. The van der Waals surface area contributed by atoms with Crippen molar-refractivity contribution in [2.75, 3.05) is 14.2 Å². The van der Waals surface area contributed by atoms with Crippen LogP contribution in [0.4, 0.5) is 4.39 Å². The maximum Gasteiger partial charge on any atom is 0.162 e. The summed E-state index contributed by atoms with van der Waals surface area (Å²) in [5, 5.41) is -0.102. The van der Waals surface area contributed by atoms with Crippen LogP contribution >= 0.6 is 34.8 Å². The van der Waals surface area contributed by atoms with E-state index in [0.717, 1.165) is 0 Å². The second kappa shape index (κ2) is 6.73. The van der Waals surface area contributed by atoms with Crippen LogP contribution in [0, 0.1) is 5.82 Å². The molecule has 112 valence electrons. The first-order chi connectivity index (χ1) is 9.97. The maximum absolute atomic E-state index is 14.0. The van der Waals surface area contributed by atoms with E-state index in [-0.39, 0.29) is 5.56 Å². The molecule has 0 fully saturated rings. The van der Waals surface area contributed by atoms with Crippen molar-refractivity contribution in [1.29, 1.82) is 0 Å². The Morgan fingerprint density at radius 3 is 2.14 bits per heavy atom. The summed E-state index contributed by atoms with van der Waals surface area (Å²) in [7, 11) is 3.01. The highest BCUT2D eigenvalue weighted by molar-refractivity contribution is 6.33. The van der Waals surface area contributed by atoms with Gasteiger partial charge in [-0.3, -0.25) is 0 Å². The molecule has 0 bridgehead atoms. The van der Waals surface area contributed by atoms with E-state index in [2.05, 4.69) is 0 Å². The molecule has 0 saturated carbocycles. The number of rotatable bonds is 4. The molecule has 2 aromatic carbocycles. The van der Waals surface area contributed by atoms with Gasteiger partial charge in [0.15, 0.2) is 11.5 Å². The minimum Gasteiger partial charge on any atom is -0.493 e. The van der Waals surface area contributed by atoms with Crippen LogP contribution in [0.5, 0.6) is 11.5 Å². The normalized spacial score (nSPS) is 12.1. The standard InChI is InChI=1S/C15H12Cl3FO2/c1-20-13-6-10(11(17)7-14(13)21-2)15(18)9-4-3-8(16)5-12(9)19/h3-7,15H,1-2H3. The van der Waals surface area contributed by atoms with Gasteiger partial charge in [-0.15, -0.1) is 11.6 Å². The van der Waals surface area contributed by atoms with Crippen LogP contribution in [-0.2, 0) is 0 Å². The molecular weight excluding hydrogens is 338 g/mol. The van der Waals surface area contributed by atoms with Gasteiger partial charge < -0.3 is 9.47 Å². The number of hydrogen-bond acceptors (Lipinski definition) is 2. The predicted molar refractivity (Wildman–Crippen MR) is 83.7 cm³/mol. The van der Waals surface area contributed by atoms with Crippen LogP contribution in [0.1, 0.15) is 16.5 Å². The lowest BCUT2D eigenvalue weighted by molar-refractivity contribution is 0.354. The topological polar surface area (TPSA) is 18.5 Å². The van der Waals surface area contributed by atoms with Crippen LogP contribution in [-0.4, -0.2) is 14.2 Å². The van der Waals surface area contributed by atoms with E-state index in [0.29, 0.717) is 27.1 Å². The highest BCUT2D eigenvalue weighted by Crippen LogP contribution is 2.41. The van der Waals surface area contributed by atoms with Gasteiger partial charge in [-0.25, -0.2) is 4.39 Å². The summed E-state index contributed by atoms with van der Waals surface area (Å²) in [6.07, 6.45) is 0. The van der Waals surface area contributed by atoms with Gasteiger partial charge in [-0.05, 0) is 23.8 Å². The molecule has 1 atom stereocenters.